The molecule has 6 rings (SSSR count). The van der Waals surface area contributed by atoms with Crippen molar-refractivity contribution in [3.63, 3.8) is 0 Å². The first-order chi connectivity index (χ1) is 29.0. The third-order valence-corrected chi connectivity index (χ3v) is 11.5. The summed E-state index contributed by atoms with van der Waals surface area (Å²) in [6.07, 6.45) is 3.28. The summed E-state index contributed by atoms with van der Waals surface area (Å²) in [5, 5.41) is 2.45. The molecule has 2 N–H and O–H groups in total. The van der Waals surface area contributed by atoms with Gasteiger partial charge in [-0.05, 0) is 97.2 Å². The van der Waals surface area contributed by atoms with Crippen LogP contribution in [-0.2, 0) is 25.7 Å². The van der Waals surface area contributed by atoms with E-state index in [4.69, 9.17) is 34.2 Å². The molecule has 0 aromatic heterocycles. The number of carbonyl (C=O) groups is 2. The average molecular weight is 813 g/mol. The van der Waals surface area contributed by atoms with Crippen LogP contribution in [-0.4, -0.2) is 72.5 Å². The summed E-state index contributed by atoms with van der Waals surface area (Å²) in [4.78, 5) is 30.1. The van der Waals surface area contributed by atoms with Crippen LogP contribution in [0.4, 0.5) is 0 Å². The Morgan fingerprint density at radius 2 is 0.867 bits per heavy atom. The van der Waals surface area contributed by atoms with Gasteiger partial charge in [-0.3, -0.25) is 9.59 Å². The van der Waals surface area contributed by atoms with E-state index >= 15 is 4.79 Å². The zero-order chi connectivity index (χ0) is 43.2. The van der Waals surface area contributed by atoms with E-state index in [9.17, 15) is 4.79 Å². The molecule has 0 spiro atoms. The lowest BCUT2D eigenvalue weighted by molar-refractivity contribution is 0.0757. The number of carbonyl (C=O) groups excluding carboxylic acids is 2. The number of ether oxygens (including phenoxy) is 6. The number of hydrogen-bond acceptors (Lipinski definition) is 8. The van der Waals surface area contributed by atoms with E-state index in [0.717, 1.165) is 46.2 Å². The van der Waals surface area contributed by atoms with Crippen molar-refractivity contribution in [3.05, 3.63) is 117 Å². The maximum atomic E-state index is 15.3. The van der Waals surface area contributed by atoms with Gasteiger partial charge < -0.3 is 39.1 Å². The molecule has 10 heteroatoms. The molecule has 314 valence electrons. The van der Waals surface area contributed by atoms with Crippen LogP contribution in [0, 0.1) is 13.8 Å². The first-order valence-corrected chi connectivity index (χ1v) is 20.3. The fourth-order valence-electron chi connectivity index (χ4n) is 8.28. The van der Waals surface area contributed by atoms with Gasteiger partial charge in [-0.2, -0.15) is 0 Å². The highest BCUT2D eigenvalue weighted by molar-refractivity contribution is 6.16. The second kappa shape index (κ2) is 18.7. The highest BCUT2D eigenvalue weighted by Gasteiger charge is 2.31. The lowest BCUT2D eigenvalue weighted by Crippen LogP contribution is -2.35. The average Bonchev–Trinajstić information content (AvgIpc) is 3.26. The number of rotatable bonds is 17. The summed E-state index contributed by atoms with van der Waals surface area (Å²) in [6.45, 7) is 9.18. The second-order valence-corrected chi connectivity index (χ2v) is 14.9. The molecule has 0 aliphatic heterocycles. The van der Waals surface area contributed by atoms with E-state index in [-0.39, 0.29) is 17.2 Å². The first-order valence-electron chi connectivity index (χ1n) is 20.3. The van der Waals surface area contributed by atoms with Gasteiger partial charge in [0.25, 0.3) is 11.8 Å². The maximum Gasteiger partial charge on any atom is 0.258 e. The van der Waals surface area contributed by atoms with E-state index in [1.807, 2.05) is 36.9 Å². The Hall–Kier alpha value is -6.42. The summed E-state index contributed by atoms with van der Waals surface area (Å²) in [7, 11) is 9.28. The van der Waals surface area contributed by atoms with Gasteiger partial charge in [0, 0.05) is 45.8 Å². The van der Waals surface area contributed by atoms with E-state index in [1.165, 1.54) is 25.3 Å². The van der Waals surface area contributed by atoms with Crippen molar-refractivity contribution < 1.29 is 38.0 Å². The molecule has 2 amide bonds. The molecule has 6 aromatic carbocycles. The van der Waals surface area contributed by atoms with Gasteiger partial charge in [-0.1, -0.05) is 62.4 Å². The standard InChI is InChI=1S/C50H56N2O8/c1-11-31-13-17-33(18-14-31)21-23-52(24-22-34-19-15-32(12-2)16-20-34)50(54)44-36-26-30(4)42(46(58-8)38(36)28-40(56-6)48(44)60-10)41-29(3)25-35-37(45(41)57-7)27-39(55-5)47(59-9)43(35)49(51)53/h13-20,25-28H,11-12,21-24H2,1-10H3,(H2,51,53). The minimum absolute atomic E-state index is 0.181. The van der Waals surface area contributed by atoms with Gasteiger partial charge in [-0.25, -0.2) is 0 Å². The Balaban J connectivity index is 1.57. The summed E-state index contributed by atoms with van der Waals surface area (Å²) in [5.41, 5.74) is 14.4. The molecule has 0 radical (unpaired) electrons. The van der Waals surface area contributed by atoms with E-state index in [2.05, 4.69) is 62.4 Å². The third kappa shape index (κ3) is 8.11. The molecular formula is C50H56N2O8. The highest BCUT2D eigenvalue weighted by atomic mass is 16.5. The summed E-state index contributed by atoms with van der Waals surface area (Å²) in [6, 6.07) is 24.7. The summed E-state index contributed by atoms with van der Waals surface area (Å²) < 4.78 is 35.8. The van der Waals surface area contributed by atoms with Crippen molar-refractivity contribution in [1.29, 1.82) is 0 Å². The number of nitrogens with zero attached hydrogens (tertiary/aromatic N) is 1. The molecule has 0 heterocycles. The molecule has 6 aromatic rings. The zero-order valence-electron chi connectivity index (χ0n) is 36.5. The topological polar surface area (TPSA) is 119 Å². The van der Waals surface area contributed by atoms with Gasteiger partial charge in [0.05, 0.1) is 53.8 Å². The Bertz CT molecular complexity index is 2490. The Kier molecular flexibility index (Phi) is 13.4. The van der Waals surface area contributed by atoms with Gasteiger partial charge in [0.15, 0.2) is 23.0 Å². The third-order valence-electron chi connectivity index (χ3n) is 11.5. The summed E-state index contributed by atoms with van der Waals surface area (Å²) in [5.74, 6) is 1.44. The van der Waals surface area contributed by atoms with Crippen LogP contribution in [0.25, 0.3) is 32.7 Å². The molecule has 0 saturated heterocycles. The Morgan fingerprint density at radius 3 is 1.22 bits per heavy atom. The minimum Gasteiger partial charge on any atom is -0.495 e. The lowest BCUT2D eigenvalue weighted by Gasteiger charge is -2.27. The molecule has 0 aliphatic rings. The van der Waals surface area contributed by atoms with Gasteiger partial charge in [0.1, 0.15) is 11.5 Å². The fraction of sp³-hybridized carbons (Fsp3) is 0.320. The molecule has 0 unspecified atom stereocenters. The highest BCUT2D eigenvalue weighted by Crippen LogP contribution is 2.52. The lowest BCUT2D eigenvalue weighted by atomic mass is 9.87. The molecular weight excluding hydrogens is 757 g/mol. The predicted molar refractivity (Wildman–Crippen MR) is 239 cm³/mol. The second-order valence-electron chi connectivity index (χ2n) is 14.9. The van der Waals surface area contributed by atoms with Crippen LogP contribution < -0.4 is 34.2 Å². The number of fused-ring (bicyclic) bond motifs is 2. The van der Waals surface area contributed by atoms with Gasteiger partial charge in [-0.15, -0.1) is 0 Å². The van der Waals surface area contributed by atoms with Crippen LogP contribution in [0.5, 0.6) is 34.5 Å². The quantitative estimate of drug-likeness (QED) is 0.0968. The Morgan fingerprint density at radius 1 is 0.500 bits per heavy atom. The molecule has 0 fully saturated rings. The molecule has 0 atom stereocenters. The van der Waals surface area contributed by atoms with Crippen LogP contribution in [0.15, 0.2) is 72.8 Å². The number of nitrogens with two attached hydrogens (primary N) is 1. The monoisotopic (exact) mass is 812 g/mol. The van der Waals surface area contributed by atoms with Crippen LogP contribution in [0.2, 0.25) is 0 Å². The van der Waals surface area contributed by atoms with E-state index < -0.39 is 5.91 Å². The van der Waals surface area contributed by atoms with Crippen molar-refractivity contribution in [2.45, 2.75) is 53.4 Å². The van der Waals surface area contributed by atoms with Crippen molar-refractivity contribution in [2.75, 3.05) is 55.7 Å². The van der Waals surface area contributed by atoms with Crippen molar-refractivity contribution in [3.8, 4) is 45.6 Å². The van der Waals surface area contributed by atoms with Crippen molar-refractivity contribution in [1.82, 2.24) is 4.90 Å². The largest absolute Gasteiger partial charge is 0.495 e. The van der Waals surface area contributed by atoms with Crippen molar-refractivity contribution in [2.24, 2.45) is 5.73 Å². The van der Waals surface area contributed by atoms with E-state index in [1.54, 1.807) is 34.5 Å². The Labute approximate surface area is 353 Å². The number of methoxy groups -OCH3 is 6. The fourth-order valence-corrected chi connectivity index (χ4v) is 8.28. The normalized spacial score (nSPS) is 11.1. The van der Waals surface area contributed by atoms with Crippen molar-refractivity contribution >= 4 is 33.4 Å². The number of benzene rings is 6. The minimum atomic E-state index is -0.666. The number of aryl methyl sites for hydroxylation is 4. The van der Waals surface area contributed by atoms with Crippen LogP contribution in [0.1, 0.15) is 67.9 Å². The molecule has 10 nitrogen and oxygen atoms in total. The molecule has 60 heavy (non-hydrogen) atoms. The van der Waals surface area contributed by atoms with Crippen LogP contribution >= 0.6 is 0 Å². The smallest absolute Gasteiger partial charge is 0.258 e. The maximum absolute atomic E-state index is 15.3. The summed E-state index contributed by atoms with van der Waals surface area (Å²) >= 11 is 0. The number of amides is 2. The predicted octanol–water partition coefficient (Wildman–Crippen LogP) is 9.48. The molecule has 0 bridgehead atoms. The molecule has 0 aliphatic carbocycles. The molecule has 0 saturated carbocycles. The van der Waals surface area contributed by atoms with E-state index in [0.29, 0.717) is 81.8 Å². The zero-order valence-corrected chi connectivity index (χ0v) is 36.5. The van der Waals surface area contributed by atoms with Crippen LogP contribution in [0.3, 0.4) is 0 Å². The van der Waals surface area contributed by atoms with Gasteiger partial charge in [0.2, 0.25) is 0 Å². The number of primary amides is 1. The first kappa shape index (κ1) is 43.2. The van der Waals surface area contributed by atoms with Gasteiger partial charge >= 0.3 is 0 Å². The SMILES string of the molecule is CCc1ccc(CCN(CCc2ccc(CC)cc2)C(=O)c2c(OC)c(OC)cc3c(OC)c(-c4c(C)cc5c(C(N)=O)c(OC)c(OC)cc5c4OC)c(C)cc23)cc1. The number of hydrogen-bond donors (Lipinski definition) is 1.